The van der Waals surface area contributed by atoms with Gasteiger partial charge in [-0.3, -0.25) is 9.59 Å². The molecular formula is C16H17NO3. The number of amides is 1. The summed E-state index contributed by atoms with van der Waals surface area (Å²) in [6, 6.07) is 0. The highest BCUT2D eigenvalue weighted by atomic mass is 16.5. The lowest BCUT2D eigenvalue weighted by Crippen LogP contribution is -2.36. The topological polar surface area (TPSA) is 46.6 Å². The van der Waals surface area contributed by atoms with Crippen LogP contribution in [-0.2, 0) is 14.3 Å². The van der Waals surface area contributed by atoms with Crippen molar-refractivity contribution in [1.29, 1.82) is 0 Å². The first-order valence-electron chi connectivity index (χ1n) is 6.86. The van der Waals surface area contributed by atoms with Gasteiger partial charge in [-0.05, 0) is 44.9 Å². The van der Waals surface area contributed by atoms with Crippen molar-refractivity contribution in [2.45, 2.75) is 32.8 Å². The summed E-state index contributed by atoms with van der Waals surface area (Å²) in [6.07, 6.45) is 8.82. The van der Waals surface area contributed by atoms with E-state index in [2.05, 4.69) is 0 Å². The number of allylic oxidation sites excluding steroid dienone is 4. The Kier molecular flexibility index (Phi) is 3.08. The van der Waals surface area contributed by atoms with E-state index in [1.807, 2.05) is 13.0 Å². The van der Waals surface area contributed by atoms with E-state index in [1.54, 1.807) is 24.2 Å². The van der Waals surface area contributed by atoms with Crippen LogP contribution in [0.3, 0.4) is 0 Å². The molecule has 104 valence electrons. The van der Waals surface area contributed by atoms with E-state index in [0.29, 0.717) is 17.7 Å². The molecular weight excluding hydrogens is 254 g/mol. The van der Waals surface area contributed by atoms with Gasteiger partial charge in [-0.15, -0.1) is 0 Å². The van der Waals surface area contributed by atoms with Crippen molar-refractivity contribution < 1.29 is 14.3 Å². The van der Waals surface area contributed by atoms with Crippen molar-refractivity contribution in [1.82, 2.24) is 4.90 Å². The first-order valence-corrected chi connectivity index (χ1v) is 6.86. The fourth-order valence-electron chi connectivity index (χ4n) is 2.85. The van der Waals surface area contributed by atoms with Gasteiger partial charge < -0.3 is 9.64 Å². The van der Waals surface area contributed by atoms with E-state index in [-0.39, 0.29) is 17.8 Å². The molecule has 1 unspecified atom stereocenters. The molecule has 4 heteroatoms. The molecule has 0 fully saturated rings. The summed E-state index contributed by atoms with van der Waals surface area (Å²) in [4.78, 5) is 26.0. The molecule has 0 radical (unpaired) electrons. The highest BCUT2D eigenvalue weighted by Gasteiger charge is 2.36. The summed E-state index contributed by atoms with van der Waals surface area (Å²) in [5, 5.41) is 0. The SMILES string of the molecule is CC1=C2C=CC(=O)C(C)=C2N(CC2CCC=CO2)C1=O. The van der Waals surface area contributed by atoms with E-state index < -0.39 is 0 Å². The Bertz CT molecular complexity index is 607. The number of nitrogens with zero attached hydrogens (tertiary/aromatic N) is 1. The molecule has 1 aliphatic carbocycles. The van der Waals surface area contributed by atoms with Gasteiger partial charge in [0.2, 0.25) is 0 Å². The normalized spacial score (nSPS) is 25.5. The van der Waals surface area contributed by atoms with Gasteiger partial charge in [0.25, 0.3) is 5.91 Å². The standard InChI is InChI=1S/C16H17NO3/c1-10-13-6-7-14(18)11(2)15(13)17(16(10)19)9-12-5-3-4-8-20-12/h4,6-8,12H,3,5,9H2,1-2H3. The van der Waals surface area contributed by atoms with Crippen LogP contribution >= 0.6 is 0 Å². The van der Waals surface area contributed by atoms with Crippen LogP contribution in [-0.4, -0.2) is 29.2 Å². The zero-order chi connectivity index (χ0) is 14.3. The third-order valence-corrected chi connectivity index (χ3v) is 4.03. The van der Waals surface area contributed by atoms with Gasteiger partial charge >= 0.3 is 0 Å². The van der Waals surface area contributed by atoms with Crippen LogP contribution in [0.4, 0.5) is 0 Å². The molecule has 2 heterocycles. The maximum atomic E-state index is 12.4. The summed E-state index contributed by atoms with van der Waals surface area (Å²) < 4.78 is 5.55. The van der Waals surface area contributed by atoms with Crippen LogP contribution in [0.1, 0.15) is 26.7 Å². The Hall–Kier alpha value is -2.10. The summed E-state index contributed by atoms with van der Waals surface area (Å²) in [6.45, 7) is 4.09. The fourth-order valence-corrected chi connectivity index (χ4v) is 2.85. The molecule has 0 spiro atoms. The van der Waals surface area contributed by atoms with Crippen LogP contribution < -0.4 is 0 Å². The van der Waals surface area contributed by atoms with Crippen molar-refractivity contribution in [3.63, 3.8) is 0 Å². The van der Waals surface area contributed by atoms with Crippen LogP contribution in [0.25, 0.3) is 0 Å². The van der Waals surface area contributed by atoms with Crippen LogP contribution in [0, 0.1) is 0 Å². The highest BCUT2D eigenvalue weighted by molar-refractivity contribution is 6.11. The first kappa shape index (κ1) is 12.9. The maximum absolute atomic E-state index is 12.4. The lowest BCUT2D eigenvalue weighted by Gasteiger charge is -2.28. The van der Waals surface area contributed by atoms with E-state index in [0.717, 1.165) is 24.1 Å². The Labute approximate surface area is 118 Å². The van der Waals surface area contributed by atoms with Crippen molar-refractivity contribution in [2.24, 2.45) is 0 Å². The van der Waals surface area contributed by atoms with Crippen LogP contribution in [0.2, 0.25) is 0 Å². The van der Waals surface area contributed by atoms with Crippen molar-refractivity contribution >= 4 is 11.7 Å². The molecule has 3 rings (SSSR count). The zero-order valence-electron chi connectivity index (χ0n) is 11.7. The van der Waals surface area contributed by atoms with Crippen molar-refractivity contribution in [3.8, 4) is 0 Å². The molecule has 0 aromatic rings. The molecule has 2 aliphatic heterocycles. The number of carbonyl (C=O) groups excluding carboxylic acids is 2. The van der Waals surface area contributed by atoms with E-state index in [9.17, 15) is 9.59 Å². The molecule has 0 saturated carbocycles. The van der Waals surface area contributed by atoms with E-state index >= 15 is 0 Å². The second-order valence-electron chi connectivity index (χ2n) is 5.33. The quantitative estimate of drug-likeness (QED) is 0.774. The van der Waals surface area contributed by atoms with Gasteiger partial charge in [-0.1, -0.05) is 0 Å². The molecule has 0 aromatic carbocycles. The minimum atomic E-state index is -0.0271. The second-order valence-corrected chi connectivity index (χ2v) is 5.33. The summed E-state index contributed by atoms with van der Waals surface area (Å²) in [5.41, 5.74) is 2.98. The van der Waals surface area contributed by atoms with Gasteiger partial charge in [-0.25, -0.2) is 0 Å². The van der Waals surface area contributed by atoms with Crippen LogP contribution in [0.15, 0.2) is 46.9 Å². The summed E-state index contributed by atoms with van der Waals surface area (Å²) in [7, 11) is 0. The molecule has 1 atom stereocenters. The molecule has 0 N–H and O–H groups in total. The monoisotopic (exact) mass is 271 g/mol. The molecule has 0 saturated heterocycles. The number of fused-ring (bicyclic) bond motifs is 1. The Morgan fingerprint density at radius 3 is 2.75 bits per heavy atom. The van der Waals surface area contributed by atoms with Crippen molar-refractivity contribution in [3.05, 3.63) is 46.9 Å². The number of ether oxygens (including phenoxy) is 1. The molecule has 1 amide bonds. The lowest BCUT2D eigenvalue weighted by molar-refractivity contribution is -0.125. The average molecular weight is 271 g/mol. The predicted octanol–water partition coefficient (Wildman–Crippen LogP) is 2.25. The predicted molar refractivity (Wildman–Crippen MR) is 74.5 cm³/mol. The first-order chi connectivity index (χ1) is 9.59. The van der Waals surface area contributed by atoms with Gasteiger partial charge in [0.15, 0.2) is 5.78 Å². The third kappa shape index (κ3) is 1.92. The summed E-state index contributed by atoms with van der Waals surface area (Å²) in [5.74, 6) is -0.0486. The fraction of sp³-hybridized carbons (Fsp3) is 0.375. The number of carbonyl (C=O) groups is 2. The number of hydrogen-bond donors (Lipinski definition) is 0. The molecule has 3 aliphatic rings. The Balaban J connectivity index is 1.92. The smallest absolute Gasteiger partial charge is 0.254 e. The molecule has 4 nitrogen and oxygen atoms in total. The molecule has 0 aromatic heterocycles. The van der Waals surface area contributed by atoms with Gasteiger partial charge in [0.1, 0.15) is 6.10 Å². The Morgan fingerprint density at radius 1 is 1.25 bits per heavy atom. The average Bonchev–Trinajstić information content (AvgIpc) is 2.70. The highest BCUT2D eigenvalue weighted by Crippen LogP contribution is 2.35. The minimum Gasteiger partial charge on any atom is -0.496 e. The largest absolute Gasteiger partial charge is 0.496 e. The number of rotatable bonds is 2. The van der Waals surface area contributed by atoms with Crippen LogP contribution in [0.5, 0.6) is 0 Å². The minimum absolute atomic E-state index is 0.00240. The second kappa shape index (κ2) is 4.78. The third-order valence-electron chi connectivity index (χ3n) is 4.03. The van der Waals surface area contributed by atoms with Crippen molar-refractivity contribution in [2.75, 3.05) is 6.54 Å². The summed E-state index contributed by atoms with van der Waals surface area (Å²) >= 11 is 0. The molecule has 0 bridgehead atoms. The Morgan fingerprint density at radius 2 is 2.05 bits per heavy atom. The number of hydrogen-bond acceptors (Lipinski definition) is 3. The maximum Gasteiger partial charge on any atom is 0.254 e. The van der Waals surface area contributed by atoms with E-state index in [1.165, 1.54) is 6.08 Å². The van der Waals surface area contributed by atoms with Gasteiger partial charge in [0.05, 0.1) is 18.5 Å². The van der Waals surface area contributed by atoms with Gasteiger partial charge in [0, 0.05) is 16.7 Å². The lowest BCUT2D eigenvalue weighted by atomic mass is 9.97. The zero-order valence-corrected chi connectivity index (χ0v) is 11.7. The van der Waals surface area contributed by atoms with Gasteiger partial charge in [-0.2, -0.15) is 0 Å². The molecule has 20 heavy (non-hydrogen) atoms. The number of ketones is 1. The van der Waals surface area contributed by atoms with E-state index in [4.69, 9.17) is 4.74 Å².